The van der Waals surface area contributed by atoms with E-state index in [1.807, 2.05) is 6.07 Å². The van der Waals surface area contributed by atoms with Crippen molar-refractivity contribution in [3.63, 3.8) is 0 Å². The first-order valence-corrected chi connectivity index (χ1v) is 8.20. The molecule has 0 bridgehead atoms. The van der Waals surface area contributed by atoms with Gasteiger partial charge >= 0.3 is 0 Å². The maximum Gasteiger partial charge on any atom is 0.231 e. The highest BCUT2D eigenvalue weighted by atomic mass is 32.2. The summed E-state index contributed by atoms with van der Waals surface area (Å²) in [6.07, 6.45) is 0.458. The number of benzene rings is 1. The standard InChI is InChI=1S/C14H13NO5S/c1-2-21(17,18)13-12(14(13,6-15)7-16)9-3-4-10-11(5-9)20-8-19-10/h3-5,7,12-13H,2,8H2,1H3/t12-,13-,14+/m0/s1. The van der Waals surface area contributed by atoms with Crippen LogP contribution >= 0.6 is 0 Å². The molecule has 0 amide bonds. The quantitative estimate of drug-likeness (QED) is 0.771. The van der Waals surface area contributed by atoms with E-state index < -0.39 is 26.4 Å². The van der Waals surface area contributed by atoms with Gasteiger partial charge in [-0.25, -0.2) is 8.42 Å². The van der Waals surface area contributed by atoms with Crippen LogP contribution in [0.15, 0.2) is 18.2 Å². The highest BCUT2D eigenvalue weighted by Gasteiger charge is 2.72. The average Bonchev–Trinajstić information content (AvgIpc) is 2.98. The SMILES string of the molecule is CCS(=O)(=O)[C@H]1[C@H](c2ccc3c(c2)OCO3)[C@@]1(C#N)C=O. The van der Waals surface area contributed by atoms with E-state index in [-0.39, 0.29) is 12.5 Å². The molecule has 21 heavy (non-hydrogen) atoms. The summed E-state index contributed by atoms with van der Waals surface area (Å²) in [5.74, 6) is 0.322. The van der Waals surface area contributed by atoms with Crippen molar-refractivity contribution in [1.29, 1.82) is 5.26 Å². The number of hydrogen-bond donors (Lipinski definition) is 0. The van der Waals surface area contributed by atoms with Crippen molar-refractivity contribution >= 4 is 16.1 Å². The van der Waals surface area contributed by atoms with E-state index in [9.17, 15) is 18.5 Å². The molecule has 0 aromatic heterocycles. The highest BCUT2D eigenvalue weighted by molar-refractivity contribution is 7.92. The lowest BCUT2D eigenvalue weighted by atomic mass is 10.0. The summed E-state index contributed by atoms with van der Waals surface area (Å²) in [4.78, 5) is 11.4. The minimum absolute atomic E-state index is 0.101. The predicted octanol–water partition coefficient (Wildman–Crippen LogP) is 1.02. The number of nitriles is 1. The number of rotatable bonds is 4. The second kappa shape index (κ2) is 4.46. The average molecular weight is 307 g/mol. The van der Waals surface area contributed by atoms with E-state index in [0.29, 0.717) is 23.3 Å². The molecule has 0 saturated heterocycles. The number of ether oxygens (including phenoxy) is 2. The van der Waals surface area contributed by atoms with Crippen LogP contribution in [0.25, 0.3) is 0 Å². The molecule has 2 aliphatic rings. The molecule has 3 rings (SSSR count). The minimum Gasteiger partial charge on any atom is -0.454 e. The predicted molar refractivity (Wildman–Crippen MR) is 72.7 cm³/mol. The second-order valence-electron chi connectivity index (χ2n) is 5.13. The van der Waals surface area contributed by atoms with Crippen LogP contribution in [0, 0.1) is 16.7 Å². The van der Waals surface area contributed by atoms with Crippen molar-refractivity contribution in [2.24, 2.45) is 5.41 Å². The van der Waals surface area contributed by atoms with Crippen LogP contribution in [0.3, 0.4) is 0 Å². The molecule has 1 heterocycles. The lowest BCUT2D eigenvalue weighted by molar-refractivity contribution is -0.110. The van der Waals surface area contributed by atoms with Gasteiger partial charge in [-0.05, 0) is 17.7 Å². The zero-order valence-corrected chi connectivity index (χ0v) is 12.1. The van der Waals surface area contributed by atoms with Gasteiger partial charge in [0.1, 0.15) is 11.7 Å². The normalized spacial score (nSPS) is 29.7. The number of hydrogen-bond acceptors (Lipinski definition) is 6. The second-order valence-corrected chi connectivity index (χ2v) is 7.54. The van der Waals surface area contributed by atoms with Crippen molar-refractivity contribution in [2.45, 2.75) is 18.1 Å². The molecule has 3 atom stereocenters. The molecule has 0 unspecified atom stereocenters. The maximum atomic E-state index is 12.1. The summed E-state index contributed by atoms with van der Waals surface area (Å²) in [7, 11) is -3.49. The fourth-order valence-corrected chi connectivity index (χ4v) is 4.84. The molecule has 110 valence electrons. The monoisotopic (exact) mass is 307 g/mol. The third-order valence-electron chi connectivity index (χ3n) is 4.11. The summed E-state index contributed by atoms with van der Waals surface area (Å²) >= 11 is 0. The summed E-state index contributed by atoms with van der Waals surface area (Å²) in [5, 5.41) is 8.32. The largest absolute Gasteiger partial charge is 0.454 e. The van der Waals surface area contributed by atoms with Crippen LogP contribution in [-0.2, 0) is 14.6 Å². The molecule has 1 saturated carbocycles. The Labute approximate surface area is 122 Å². The van der Waals surface area contributed by atoms with Gasteiger partial charge in [0.15, 0.2) is 21.3 Å². The van der Waals surface area contributed by atoms with E-state index in [1.54, 1.807) is 18.2 Å². The number of aldehydes is 1. The number of carbonyl (C=O) groups excluding carboxylic acids is 1. The molecule has 1 aliphatic carbocycles. The van der Waals surface area contributed by atoms with Gasteiger partial charge in [-0.3, -0.25) is 0 Å². The smallest absolute Gasteiger partial charge is 0.231 e. The lowest BCUT2D eigenvalue weighted by Crippen LogP contribution is -2.17. The van der Waals surface area contributed by atoms with Gasteiger partial charge in [-0.15, -0.1) is 0 Å². The highest BCUT2D eigenvalue weighted by Crippen LogP contribution is 2.62. The van der Waals surface area contributed by atoms with Crippen LogP contribution in [0.5, 0.6) is 11.5 Å². The lowest BCUT2D eigenvalue weighted by Gasteiger charge is -2.02. The first-order valence-electron chi connectivity index (χ1n) is 6.49. The Balaban J connectivity index is 2.05. The van der Waals surface area contributed by atoms with Gasteiger partial charge in [0, 0.05) is 11.7 Å². The van der Waals surface area contributed by atoms with Gasteiger partial charge < -0.3 is 14.3 Å². The van der Waals surface area contributed by atoms with Gasteiger partial charge in [-0.2, -0.15) is 5.26 Å². The number of fused-ring (bicyclic) bond motifs is 1. The number of sulfone groups is 1. The third-order valence-corrected chi connectivity index (χ3v) is 6.35. The molecule has 1 fully saturated rings. The Bertz CT molecular complexity index is 751. The Kier molecular flexibility index (Phi) is 2.95. The Morgan fingerprint density at radius 1 is 1.43 bits per heavy atom. The molecule has 0 N–H and O–H groups in total. The van der Waals surface area contributed by atoms with Crippen LogP contribution in [-0.4, -0.2) is 32.5 Å². The fourth-order valence-electron chi connectivity index (χ4n) is 2.92. The zero-order chi connectivity index (χ0) is 15.3. The van der Waals surface area contributed by atoms with E-state index >= 15 is 0 Å². The van der Waals surface area contributed by atoms with Crippen LogP contribution in [0.2, 0.25) is 0 Å². The molecule has 6 nitrogen and oxygen atoms in total. The first kappa shape index (κ1) is 13.9. The summed E-state index contributed by atoms with van der Waals surface area (Å²) in [6, 6.07) is 6.88. The Morgan fingerprint density at radius 3 is 2.76 bits per heavy atom. The van der Waals surface area contributed by atoms with E-state index in [4.69, 9.17) is 9.47 Å². The zero-order valence-electron chi connectivity index (χ0n) is 11.3. The number of carbonyl (C=O) groups is 1. The van der Waals surface area contributed by atoms with Crippen LogP contribution in [0.1, 0.15) is 18.4 Å². The first-order chi connectivity index (χ1) is 10.00. The molecule has 0 radical (unpaired) electrons. The van der Waals surface area contributed by atoms with Crippen molar-refractivity contribution in [2.75, 3.05) is 12.5 Å². The molecule has 1 aliphatic heterocycles. The summed E-state index contributed by atoms with van der Waals surface area (Å²) in [5.41, 5.74) is -0.891. The van der Waals surface area contributed by atoms with Crippen LogP contribution in [0.4, 0.5) is 0 Å². The third kappa shape index (κ3) is 1.83. The number of nitrogens with zero attached hydrogens (tertiary/aromatic N) is 1. The van der Waals surface area contributed by atoms with Crippen molar-refractivity contribution < 1.29 is 22.7 Å². The van der Waals surface area contributed by atoms with Gasteiger partial charge in [0.05, 0.1) is 11.3 Å². The molecule has 0 spiro atoms. The Hall–Kier alpha value is -2.07. The Morgan fingerprint density at radius 2 is 2.14 bits per heavy atom. The molecule has 7 heteroatoms. The summed E-state index contributed by atoms with van der Waals surface area (Å²) < 4.78 is 34.7. The van der Waals surface area contributed by atoms with E-state index in [2.05, 4.69) is 0 Å². The topological polar surface area (TPSA) is 93.5 Å². The summed E-state index contributed by atoms with van der Waals surface area (Å²) in [6.45, 7) is 1.62. The van der Waals surface area contributed by atoms with Gasteiger partial charge in [0.25, 0.3) is 0 Å². The minimum atomic E-state index is -3.49. The van der Waals surface area contributed by atoms with E-state index in [1.165, 1.54) is 6.92 Å². The van der Waals surface area contributed by atoms with E-state index in [0.717, 1.165) is 0 Å². The van der Waals surface area contributed by atoms with Crippen LogP contribution < -0.4 is 9.47 Å². The maximum absolute atomic E-state index is 12.1. The van der Waals surface area contributed by atoms with Gasteiger partial charge in [0.2, 0.25) is 6.79 Å². The molecular formula is C14H13NO5S. The fraction of sp³-hybridized carbons (Fsp3) is 0.429. The van der Waals surface area contributed by atoms with Crippen molar-refractivity contribution in [3.05, 3.63) is 23.8 Å². The molecule has 1 aromatic carbocycles. The molecule has 1 aromatic rings. The van der Waals surface area contributed by atoms with Crippen molar-refractivity contribution in [3.8, 4) is 17.6 Å². The van der Waals surface area contributed by atoms with Crippen molar-refractivity contribution in [1.82, 2.24) is 0 Å². The van der Waals surface area contributed by atoms with Gasteiger partial charge in [-0.1, -0.05) is 13.0 Å². The molecular weight excluding hydrogens is 294 g/mol.